The fourth-order valence-electron chi connectivity index (χ4n) is 3.13. The Morgan fingerprint density at radius 1 is 0.643 bits per heavy atom. The average molecular weight is 421 g/mol. The summed E-state index contributed by atoms with van der Waals surface area (Å²) in [6, 6.07) is 0. The van der Waals surface area contributed by atoms with Crippen LogP contribution < -0.4 is 0 Å². The van der Waals surface area contributed by atoms with Gasteiger partial charge in [-0.3, -0.25) is 0 Å². The van der Waals surface area contributed by atoms with Gasteiger partial charge < -0.3 is 23.7 Å². The average Bonchev–Trinajstić information content (AvgIpc) is 2.69. The maximum absolute atomic E-state index is 6.30. The molecule has 168 valence electrons. The minimum Gasteiger partial charge on any atom is -0.379 e. The molecule has 0 aromatic carbocycles. The monoisotopic (exact) mass is 420 g/mol. The summed E-state index contributed by atoms with van der Waals surface area (Å²) in [5, 5.41) is 0. The van der Waals surface area contributed by atoms with E-state index in [1.807, 2.05) is 0 Å². The first kappa shape index (κ1) is 26.2. The van der Waals surface area contributed by atoms with Gasteiger partial charge in [0.25, 0.3) is 0 Å². The molecule has 0 saturated carbocycles. The van der Waals surface area contributed by atoms with Crippen molar-refractivity contribution in [2.45, 2.75) is 109 Å². The SMILES string of the molecule is CCCCOC[C@H]1OC(S)[C@H](OCCCC)[C@@H](OCCCC)[C@@H]1OCCCC. The topological polar surface area (TPSA) is 46.2 Å². The Morgan fingerprint density at radius 3 is 1.64 bits per heavy atom. The highest BCUT2D eigenvalue weighted by Gasteiger charge is 2.47. The van der Waals surface area contributed by atoms with Gasteiger partial charge in [-0.25, -0.2) is 0 Å². The van der Waals surface area contributed by atoms with E-state index in [9.17, 15) is 0 Å². The van der Waals surface area contributed by atoms with Gasteiger partial charge in [-0.1, -0.05) is 53.4 Å². The highest BCUT2D eigenvalue weighted by atomic mass is 32.1. The van der Waals surface area contributed by atoms with Crippen molar-refractivity contribution in [1.29, 1.82) is 0 Å². The molecule has 1 unspecified atom stereocenters. The van der Waals surface area contributed by atoms with Gasteiger partial charge in [0.05, 0.1) is 6.61 Å². The van der Waals surface area contributed by atoms with E-state index >= 15 is 0 Å². The Hall–Kier alpha value is 0.150. The van der Waals surface area contributed by atoms with E-state index < -0.39 is 0 Å². The first-order valence-corrected chi connectivity index (χ1v) is 12.0. The molecule has 5 atom stereocenters. The zero-order valence-corrected chi connectivity index (χ0v) is 19.5. The van der Waals surface area contributed by atoms with Crippen molar-refractivity contribution in [1.82, 2.24) is 0 Å². The largest absolute Gasteiger partial charge is 0.379 e. The molecule has 0 aliphatic carbocycles. The van der Waals surface area contributed by atoms with Crippen LogP contribution in [0.25, 0.3) is 0 Å². The van der Waals surface area contributed by atoms with E-state index in [0.717, 1.165) is 58.0 Å². The molecule has 1 aliphatic rings. The maximum Gasteiger partial charge on any atom is 0.129 e. The molecule has 0 bridgehead atoms. The molecule has 1 aliphatic heterocycles. The summed E-state index contributed by atoms with van der Waals surface area (Å²) in [4.78, 5) is 0. The molecule has 0 aromatic heterocycles. The van der Waals surface area contributed by atoms with E-state index in [4.69, 9.17) is 36.3 Å². The van der Waals surface area contributed by atoms with Gasteiger partial charge in [0.15, 0.2) is 0 Å². The Bertz CT molecular complexity index is 358. The van der Waals surface area contributed by atoms with Gasteiger partial charge in [0.2, 0.25) is 0 Å². The molecule has 1 fully saturated rings. The standard InChI is InChI=1S/C22H44O5S/c1-5-9-13-23-17-18-19(24-14-10-6-2)20(25-15-11-7-3)21(22(28)27-18)26-16-12-8-4/h18-22,28H,5-17H2,1-4H3/t18-,19-,20+,21-,22?/m1/s1. The Labute approximate surface area is 178 Å². The van der Waals surface area contributed by atoms with E-state index in [1.54, 1.807) is 0 Å². The van der Waals surface area contributed by atoms with Crippen molar-refractivity contribution in [3.05, 3.63) is 0 Å². The summed E-state index contributed by atoms with van der Waals surface area (Å²) in [5.41, 5.74) is -0.339. The predicted molar refractivity (Wildman–Crippen MR) is 117 cm³/mol. The lowest BCUT2D eigenvalue weighted by atomic mass is 9.99. The second kappa shape index (κ2) is 16.9. The van der Waals surface area contributed by atoms with Gasteiger partial charge >= 0.3 is 0 Å². The van der Waals surface area contributed by atoms with Crippen molar-refractivity contribution in [3.63, 3.8) is 0 Å². The Kier molecular flexibility index (Phi) is 15.8. The smallest absolute Gasteiger partial charge is 0.129 e. The highest BCUT2D eigenvalue weighted by Crippen LogP contribution is 2.30. The van der Waals surface area contributed by atoms with Gasteiger partial charge in [-0.05, 0) is 25.7 Å². The summed E-state index contributed by atoms with van der Waals surface area (Å²) in [5.74, 6) is 0. The number of ether oxygens (including phenoxy) is 5. The zero-order chi connectivity index (χ0) is 20.6. The molecule has 28 heavy (non-hydrogen) atoms. The number of rotatable bonds is 17. The molecule has 0 spiro atoms. The zero-order valence-electron chi connectivity index (χ0n) is 18.6. The van der Waals surface area contributed by atoms with Crippen LogP contribution in [0.5, 0.6) is 0 Å². The number of unbranched alkanes of at least 4 members (excludes halogenated alkanes) is 4. The third-order valence-electron chi connectivity index (χ3n) is 4.96. The first-order valence-electron chi connectivity index (χ1n) is 11.5. The van der Waals surface area contributed by atoms with E-state index in [2.05, 4.69) is 27.7 Å². The lowest BCUT2D eigenvalue weighted by Crippen LogP contribution is -2.60. The van der Waals surface area contributed by atoms with Crippen LogP contribution in [0.2, 0.25) is 0 Å². The summed E-state index contributed by atoms with van der Waals surface area (Å²) in [7, 11) is 0. The van der Waals surface area contributed by atoms with Crippen LogP contribution in [0.15, 0.2) is 0 Å². The van der Waals surface area contributed by atoms with Crippen LogP contribution >= 0.6 is 12.6 Å². The molecular weight excluding hydrogens is 376 g/mol. The molecular formula is C22H44O5S. The second-order valence-corrected chi connectivity index (χ2v) is 8.07. The molecule has 0 amide bonds. The minimum atomic E-state index is -0.339. The van der Waals surface area contributed by atoms with Crippen molar-refractivity contribution < 1.29 is 23.7 Å². The molecule has 0 radical (unpaired) electrons. The maximum atomic E-state index is 6.30. The van der Waals surface area contributed by atoms with E-state index in [0.29, 0.717) is 26.4 Å². The van der Waals surface area contributed by atoms with Crippen molar-refractivity contribution in [3.8, 4) is 0 Å². The van der Waals surface area contributed by atoms with Crippen LogP contribution in [0.4, 0.5) is 0 Å². The minimum absolute atomic E-state index is 0.184. The van der Waals surface area contributed by atoms with E-state index in [-0.39, 0.29) is 29.9 Å². The van der Waals surface area contributed by atoms with Gasteiger partial charge in [-0.15, -0.1) is 12.6 Å². The molecule has 1 saturated heterocycles. The van der Waals surface area contributed by atoms with Crippen molar-refractivity contribution in [2.75, 3.05) is 33.0 Å². The second-order valence-electron chi connectivity index (χ2n) is 7.56. The third-order valence-corrected chi connectivity index (χ3v) is 5.37. The molecule has 6 heteroatoms. The molecule has 1 rings (SSSR count). The van der Waals surface area contributed by atoms with Crippen molar-refractivity contribution >= 4 is 12.6 Å². The number of hydrogen-bond donors (Lipinski definition) is 1. The quantitative estimate of drug-likeness (QED) is 0.265. The van der Waals surface area contributed by atoms with Crippen molar-refractivity contribution in [2.24, 2.45) is 0 Å². The highest BCUT2D eigenvalue weighted by molar-refractivity contribution is 7.80. The molecule has 5 nitrogen and oxygen atoms in total. The lowest BCUT2D eigenvalue weighted by molar-refractivity contribution is -0.247. The van der Waals surface area contributed by atoms with Crippen LogP contribution in [0, 0.1) is 0 Å². The fraction of sp³-hybridized carbons (Fsp3) is 1.00. The predicted octanol–water partition coefficient (Wildman–Crippen LogP) is 5.01. The fourth-order valence-corrected chi connectivity index (χ4v) is 3.55. The van der Waals surface area contributed by atoms with Gasteiger partial charge in [-0.2, -0.15) is 0 Å². The summed E-state index contributed by atoms with van der Waals surface area (Å²) in [6.45, 7) is 12.0. The molecule has 0 aromatic rings. The summed E-state index contributed by atoms with van der Waals surface area (Å²) >= 11 is 4.70. The van der Waals surface area contributed by atoms with Crippen LogP contribution in [0.1, 0.15) is 79.1 Å². The van der Waals surface area contributed by atoms with Crippen LogP contribution in [-0.2, 0) is 23.7 Å². The summed E-state index contributed by atoms with van der Waals surface area (Å²) < 4.78 is 30.8. The van der Waals surface area contributed by atoms with Gasteiger partial charge in [0.1, 0.15) is 29.9 Å². The van der Waals surface area contributed by atoms with Crippen LogP contribution in [0.3, 0.4) is 0 Å². The Balaban J connectivity index is 2.84. The molecule has 0 N–H and O–H groups in total. The third kappa shape index (κ3) is 9.77. The first-order chi connectivity index (χ1) is 13.7. The Morgan fingerprint density at radius 2 is 1.11 bits per heavy atom. The normalized spacial score (nSPS) is 28.0. The van der Waals surface area contributed by atoms with E-state index in [1.165, 1.54) is 0 Å². The number of hydrogen-bond acceptors (Lipinski definition) is 6. The molecule has 1 heterocycles. The van der Waals surface area contributed by atoms with Crippen LogP contribution in [-0.4, -0.2) is 62.9 Å². The lowest BCUT2D eigenvalue weighted by Gasteiger charge is -2.45. The van der Waals surface area contributed by atoms with Gasteiger partial charge in [0, 0.05) is 26.4 Å². The summed E-state index contributed by atoms with van der Waals surface area (Å²) in [6.07, 6.45) is 7.72. The number of thiol groups is 1.